The van der Waals surface area contributed by atoms with Gasteiger partial charge >= 0.3 is 0 Å². The molecule has 7 nitrogen and oxygen atoms in total. The van der Waals surface area contributed by atoms with E-state index < -0.39 is 0 Å². The molecule has 1 aliphatic heterocycles. The van der Waals surface area contributed by atoms with Gasteiger partial charge in [0.15, 0.2) is 0 Å². The van der Waals surface area contributed by atoms with Crippen LogP contribution in [0.15, 0.2) is 12.4 Å². The van der Waals surface area contributed by atoms with E-state index in [1.807, 2.05) is 0 Å². The molecule has 0 saturated carbocycles. The van der Waals surface area contributed by atoms with Crippen LogP contribution in [0.4, 0.5) is 5.69 Å². The number of carbonyl (C=O) groups is 2. The second-order valence-corrected chi connectivity index (χ2v) is 4.51. The molecule has 1 aromatic rings. The summed E-state index contributed by atoms with van der Waals surface area (Å²) >= 11 is 0. The van der Waals surface area contributed by atoms with Gasteiger partial charge in [0.1, 0.15) is 0 Å². The normalized spacial score (nSPS) is 19.0. The monoisotopic (exact) mass is 266 g/mol. The lowest BCUT2D eigenvalue weighted by atomic mass is 9.98. The summed E-state index contributed by atoms with van der Waals surface area (Å²) in [6, 6.07) is 0. The molecule has 1 saturated heterocycles. The van der Waals surface area contributed by atoms with E-state index in [2.05, 4.69) is 15.7 Å². The zero-order valence-electron chi connectivity index (χ0n) is 10.9. The molecule has 1 atom stereocenters. The van der Waals surface area contributed by atoms with Crippen LogP contribution in [-0.4, -0.2) is 41.9 Å². The lowest BCUT2D eigenvalue weighted by molar-refractivity contribution is -0.126. The minimum Gasteiger partial charge on any atom is -0.383 e. The summed E-state index contributed by atoms with van der Waals surface area (Å²) in [5.41, 5.74) is 0.665. The molecular weight excluding hydrogens is 248 g/mol. The maximum atomic E-state index is 12.0. The molecule has 0 aliphatic carbocycles. The third-order valence-corrected chi connectivity index (χ3v) is 3.06. The standard InChI is InChI=1S/C12H18N4O3/c1-19-5-4-16-8-10(7-14-16)15-12(18)9-2-3-11(17)13-6-9/h7-9H,2-6H2,1H3,(H,13,17)(H,15,18). The second-order valence-electron chi connectivity index (χ2n) is 4.51. The summed E-state index contributed by atoms with van der Waals surface area (Å²) < 4.78 is 6.66. The first-order chi connectivity index (χ1) is 9.19. The van der Waals surface area contributed by atoms with Crippen LogP contribution in [-0.2, 0) is 20.9 Å². The lowest BCUT2D eigenvalue weighted by Crippen LogP contribution is -2.40. The minimum absolute atomic E-state index is 0.0106. The quantitative estimate of drug-likeness (QED) is 0.785. The largest absolute Gasteiger partial charge is 0.383 e. The van der Waals surface area contributed by atoms with Crippen LogP contribution in [0.5, 0.6) is 0 Å². The SMILES string of the molecule is COCCn1cc(NC(=O)C2CCC(=O)NC2)cn1. The number of carbonyl (C=O) groups excluding carboxylic acids is 2. The molecule has 2 rings (SSSR count). The zero-order valence-corrected chi connectivity index (χ0v) is 10.9. The first-order valence-electron chi connectivity index (χ1n) is 6.28. The molecular formula is C12H18N4O3. The van der Waals surface area contributed by atoms with Crippen LogP contribution in [0.25, 0.3) is 0 Å². The van der Waals surface area contributed by atoms with Crippen LogP contribution in [0.2, 0.25) is 0 Å². The molecule has 1 aromatic heterocycles. The van der Waals surface area contributed by atoms with Crippen LogP contribution >= 0.6 is 0 Å². The smallest absolute Gasteiger partial charge is 0.229 e. The molecule has 0 aromatic carbocycles. The van der Waals surface area contributed by atoms with E-state index in [9.17, 15) is 9.59 Å². The summed E-state index contributed by atoms with van der Waals surface area (Å²) in [4.78, 5) is 23.0. The Morgan fingerprint density at radius 1 is 1.68 bits per heavy atom. The first kappa shape index (κ1) is 13.5. The Labute approximate surface area is 111 Å². The van der Waals surface area contributed by atoms with Crippen molar-refractivity contribution in [2.24, 2.45) is 5.92 Å². The molecule has 1 fully saturated rings. The molecule has 0 spiro atoms. The topological polar surface area (TPSA) is 85.2 Å². The van der Waals surface area contributed by atoms with Crippen molar-refractivity contribution in [3.8, 4) is 0 Å². The molecule has 2 N–H and O–H groups in total. The fourth-order valence-electron chi connectivity index (χ4n) is 1.94. The van der Waals surface area contributed by atoms with Crippen molar-refractivity contribution >= 4 is 17.5 Å². The Morgan fingerprint density at radius 3 is 3.21 bits per heavy atom. The van der Waals surface area contributed by atoms with Gasteiger partial charge in [0, 0.05) is 26.3 Å². The van der Waals surface area contributed by atoms with Crippen molar-refractivity contribution in [2.45, 2.75) is 19.4 Å². The third kappa shape index (κ3) is 3.78. The highest BCUT2D eigenvalue weighted by Gasteiger charge is 2.24. The fourth-order valence-corrected chi connectivity index (χ4v) is 1.94. The average Bonchev–Trinajstić information content (AvgIpc) is 2.84. The minimum atomic E-state index is -0.167. The highest BCUT2D eigenvalue weighted by molar-refractivity contribution is 5.93. The number of piperidine rings is 1. The molecule has 19 heavy (non-hydrogen) atoms. The van der Waals surface area contributed by atoms with Crippen LogP contribution in [0.3, 0.4) is 0 Å². The highest BCUT2D eigenvalue weighted by Crippen LogP contribution is 2.14. The fraction of sp³-hybridized carbons (Fsp3) is 0.583. The summed E-state index contributed by atoms with van der Waals surface area (Å²) in [5.74, 6) is -0.234. The number of methoxy groups -OCH3 is 1. The summed E-state index contributed by atoms with van der Waals surface area (Å²) in [5, 5.41) is 9.62. The number of rotatable bonds is 5. The lowest BCUT2D eigenvalue weighted by Gasteiger charge is -2.21. The Balaban J connectivity index is 1.84. The Bertz CT molecular complexity index is 448. The van der Waals surface area contributed by atoms with E-state index in [4.69, 9.17) is 4.74 Å². The van der Waals surface area contributed by atoms with Gasteiger partial charge in [-0.3, -0.25) is 14.3 Å². The van der Waals surface area contributed by atoms with Crippen LogP contribution in [0.1, 0.15) is 12.8 Å². The molecule has 0 radical (unpaired) electrons. The summed E-state index contributed by atoms with van der Waals surface area (Å²) in [7, 11) is 1.63. The number of aromatic nitrogens is 2. The van der Waals surface area contributed by atoms with Gasteiger partial charge in [0.2, 0.25) is 11.8 Å². The van der Waals surface area contributed by atoms with Gasteiger partial charge in [-0.05, 0) is 6.42 Å². The third-order valence-electron chi connectivity index (χ3n) is 3.06. The van der Waals surface area contributed by atoms with E-state index in [0.29, 0.717) is 38.2 Å². The molecule has 2 amide bonds. The molecule has 0 bridgehead atoms. The van der Waals surface area contributed by atoms with Gasteiger partial charge in [-0.15, -0.1) is 0 Å². The van der Waals surface area contributed by atoms with E-state index in [1.165, 1.54) is 0 Å². The van der Waals surface area contributed by atoms with Gasteiger partial charge in [-0.1, -0.05) is 0 Å². The number of nitrogens with zero attached hydrogens (tertiary/aromatic N) is 2. The zero-order chi connectivity index (χ0) is 13.7. The van der Waals surface area contributed by atoms with Crippen LogP contribution < -0.4 is 10.6 Å². The number of nitrogens with one attached hydrogen (secondary N) is 2. The summed E-state index contributed by atoms with van der Waals surface area (Å²) in [6.07, 6.45) is 4.37. The van der Waals surface area contributed by atoms with Crippen molar-refractivity contribution in [3.63, 3.8) is 0 Å². The van der Waals surface area contributed by atoms with Crippen molar-refractivity contribution < 1.29 is 14.3 Å². The van der Waals surface area contributed by atoms with Gasteiger partial charge in [0.25, 0.3) is 0 Å². The molecule has 1 aliphatic rings. The maximum absolute atomic E-state index is 12.0. The first-order valence-corrected chi connectivity index (χ1v) is 6.28. The van der Waals surface area contributed by atoms with Gasteiger partial charge < -0.3 is 15.4 Å². The van der Waals surface area contributed by atoms with E-state index in [-0.39, 0.29) is 17.7 Å². The average molecular weight is 266 g/mol. The van der Waals surface area contributed by atoms with Gasteiger partial charge in [0.05, 0.1) is 31.0 Å². The number of ether oxygens (including phenoxy) is 1. The Morgan fingerprint density at radius 2 is 2.53 bits per heavy atom. The Hall–Kier alpha value is -1.89. The second kappa shape index (κ2) is 6.33. The van der Waals surface area contributed by atoms with Gasteiger partial charge in [-0.25, -0.2) is 0 Å². The van der Waals surface area contributed by atoms with E-state index >= 15 is 0 Å². The molecule has 1 unspecified atom stereocenters. The van der Waals surface area contributed by atoms with Crippen molar-refractivity contribution in [1.82, 2.24) is 15.1 Å². The predicted octanol–water partition coefficient (Wildman–Crippen LogP) is -0.00580. The molecule has 7 heteroatoms. The molecule has 104 valence electrons. The van der Waals surface area contributed by atoms with E-state index in [1.54, 1.807) is 24.2 Å². The maximum Gasteiger partial charge on any atom is 0.229 e. The van der Waals surface area contributed by atoms with Crippen molar-refractivity contribution in [3.05, 3.63) is 12.4 Å². The number of hydrogen-bond acceptors (Lipinski definition) is 4. The number of amides is 2. The Kier molecular flexibility index (Phi) is 4.51. The predicted molar refractivity (Wildman–Crippen MR) is 68.5 cm³/mol. The number of anilines is 1. The van der Waals surface area contributed by atoms with E-state index in [0.717, 1.165) is 0 Å². The highest BCUT2D eigenvalue weighted by atomic mass is 16.5. The summed E-state index contributed by atoms with van der Waals surface area (Å²) in [6.45, 7) is 1.62. The molecule has 2 heterocycles. The van der Waals surface area contributed by atoms with Crippen LogP contribution in [0, 0.1) is 5.92 Å². The number of hydrogen-bond donors (Lipinski definition) is 2. The van der Waals surface area contributed by atoms with Crippen molar-refractivity contribution in [2.75, 3.05) is 25.6 Å². The van der Waals surface area contributed by atoms with Gasteiger partial charge in [-0.2, -0.15) is 5.10 Å². The van der Waals surface area contributed by atoms with Crippen molar-refractivity contribution in [1.29, 1.82) is 0 Å².